The predicted molar refractivity (Wildman–Crippen MR) is 285 cm³/mol. The number of carbonyl (C=O) groups is 2. The molecule has 0 amide bonds. The standard InChI is InChI=1S/C23H48N4.C19H36O2.C2H8N2.8CH4.HI/c1-9-11-13-15-17-19-23(21(3)24-26(5)6,22(4)25-27(7)8)20-18-16-14-12-10-2;1-5-7-9-11-13-15-19(17(3)20,18(4)21)16-14-12-10-8-6-2;1-4(2)3;;;;;;;;;/h9-20H2,1-8H3;5-16H2,1-4H3;3H2,1-2H3;8*1H4;1H/p-1/b24-21+,25-22+;;;;;;;;;;;. The summed E-state index contributed by atoms with van der Waals surface area (Å²) in [6, 6.07) is 0. The molecular weight excluding hydrogens is 868 g/mol. The maximum absolute atomic E-state index is 12.1. The van der Waals surface area contributed by atoms with Crippen LogP contribution in [0.3, 0.4) is 0 Å². The van der Waals surface area contributed by atoms with Crippen LogP contribution in [0.15, 0.2) is 10.2 Å². The zero-order valence-electron chi connectivity index (χ0n) is 38.0. The minimum atomic E-state index is -0.682. The molecule has 0 radical (unpaired) electrons. The van der Waals surface area contributed by atoms with Crippen LogP contribution in [-0.4, -0.2) is 80.3 Å². The second-order valence-electron chi connectivity index (χ2n) is 16.0. The fourth-order valence-electron chi connectivity index (χ4n) is 7.10. The molecule has 382 valence electrons. The summed E-state index contributed by atoms with van der Waals surface area (Å²) in [7, 11) is 11.6. The number of Topliss-reactive ketones (excluding diaryl/α,β-unsaturated/α-hetero) is 2. The quantitative estimate of drug-likeness (QED) is 0.0192. The number of rotatable bonds is 30. The van der Waals surface area contributed by atoms with Crippen LogP contribution in [0.25, 0.3) is 0 Å². The lowest BCUT2D eigenvalue weighted by atomic mass is 9.71. The molecule has 8 nitrogen and oxygen atoms in total. The van der Waals surface area contributed by atoms with Gasteiger partial charge in [-0.1, -0.05) is 216 Å². The summed E-state index contributed by atoms with van der Waals surface area (Å²) in [6.07, 6.45) is 28.7. The molecule has 0 atom stereocenters. The van der Waals surface area contributed by atoms with Crippen LogP contribution in [0.2, 0.25) is 0 Å². The van der Waals surface area contributed by atoms with Gasteiger partial charge in [0.05, 0.1) is 5.41 Å². The summed E-state index contributed by atoms with van der Waals surface area (Å²) >= 11 is 0. The number of hydrogen-bond donors (Lipinski definition) is 1. The van der Waals surface area contributed by atoms with Crippen molar-refractivity contribution in [1.82, 2.24) is 15.0 Å². The van der Waals surface area contributed by atoms with E-state index in [2.05, 4.69) is 41.5 Å². The summed E-state index contributed by atoms with van der Waals surface area (Å²) in [5, 5.41) is 15.1. The summed E-state index contributed by atoms with van der Waals surface area (Å²) in [6.45, 7) is 16.6. The Balaban J connectivity index is -0.0000000645. The zero-order valence-corrected chi connectivity index (χ0v) is 40.1. The molecule has 0 fully saturated rings. The molecule has 0 saturated heterocycles. The first-order valence-electron chi connectivity index (χ1n) is 21.4. The first-order valence-corrected chi connectivity index (χ1v) is 21.4. The molecule has 61 heavy (non-hydrogen) atoms. The Kier molecular flexibility index (Phi) is 87.5. The Bertz CT molecular complexity index is 849. The van der Waals surface area contributed by atoms with Crippen molar-refractivity contribution >= 4 is 23.0 Å². The first kappa shape index (κ1) is 90.6. The molecule has 0 aliphatic heterocycles. The van der Waals surface area contributed by atoms with E-state index < -0.39 is 5.41 Å². The molecule has 0 aromatic heterocycles. The van der Waals surface area contributed by atoms with Gasteiger partial charge in [-0.3, -0.25) is 20.4 Å². The van der Waals surface area contributed by atoms with Gasteiger partial charge in [0.1, 0.15) is 11.6 Å². The molecule has 0 saturated carbocycles. The van der Waals surface area contributed by atoms with Crippen molar-refractivity contribution < 1.29 is 33.6 Å². The summed E-state index contributed by atoms with van der Waals surface area (Å²) in [4.78, 5) is 24.3. The number of nitrogens with zero attached hydrogens (tertiary/aromatic N) is 5. The van der Waals surface area contributed by atoms with Gasteiger partial charge in [-0.25, -0.2) is 0 Å². The SMILES string of the molecule is C.C.C.C.C.C.C.C.CCCCCCCC(CCCCCCC)(/C(C)=N/N(C)C)/C(C)=N/N(C)C.CCCCCCCC(CCCCCCC)(C(C)=O)C(C)=O.CN(C)N.[I-]. The van der Waals surface area contributed by atoms with Crippen LogP contribution in [0, 0.1) is 10.8 Å². The lowest BCUT2D eigenvalue weighted by Gasteiger charge is -2.35. The van der Waals surface area contributed by atoms with Crippen molar-refractivity contribution in [3.8, 4) is 0 Å². The normalized spacial score (nSPS) is 10.4. The van der Waals surface area contributed by atoms with Crippen molar-refractivity contribution in [3.05, 3.63) is 0 Å². The number of hydrazine groups is 1. The van der Waals surface area contributed by atoms with Crippen molar-refractivity contribution in [2.75, 3.05) is 42.3 Å². The van der Waals surface area contributed by atoms with Crippen LogP contribution in [0.1, 0.15) is 269 Å². The number of hydrogen-bond acceptors (Lipinski definition) is 8. The Hall–Kier alpha value is -1.07. The van der Waals surface area contributed by atoms with Crippen LogP contribution >= 0.6 is 0 Å². The molecule has 0 bridgehead atoms. The van der Waals surface area contributed by atoms with E-state index in [9.17, 15) is 9.59 Å². The number of ketones is 2. The second-order valence-corrected chi connectivity index (χ2v) is 16.0. The summed E-state index contributed by atoms with van der Waals surface area (Å²) in [5.41, 5.74) is 1.76. The maximum atomic E-state index is 12.1. The van der Waals surface area contributed by atoms with Gasteiger partial charge in [-0.05, 0) is 53.4 Å². The van der Waals surface area contributed by atoms with Crippen molar-refractivity contribution in [1.29, 1.82) is 0 Å². The average molecular weight is 993 g/mol. The molecule has 0 aromatic carbocycles. The summed E-state index contributed by atoms with van der Waals surface area (Å²) in [5.74, 6) is 5.11. The number of nitrogens with two attached hydrogens (primary N) is 1. The van der Waals surface area contributed by atoms with E-state index in [1.807, 2.05) is 38.2 Å². The van der Waals surface area contributed by atoms with E-state index in [1.54, 1.807) is 27.9 Å². The van der Waals surface area contributed by atoms with Crippen molar-refractivity contribution in [2.45, 2.75) is 269 Å². The fraction of sp³-hybridized carbons (Fsp3) is 0.923. The van der Waals surface area contributed by atoms with Gasteiger partial charge in [0.15, 0.2) is 0 Å². The molecule has 0 rings (SSSR count). The highest BCUT2D eigenvalue weighted by Gasteiger charge is 2.39. The fourth-order valence-corrected chi connectivity index (χ4v) is 7.10. The topological polar surface area (TPSA) is 94.6 Å². The third-order valence-corrected chi connectivity index (χ3v) is 10.3. The predicted octanol–water partition coefficient (Wildman–Crippen LogP) is 14.0. The van der Waals surface area contributed by atoms with Crippen LogP contribution in [-0.2, 0) is 9.59 Å². The van der Waals surface area contributed by atoms with E-state index in [-0.39, 0.29) is 100 Å². The van der Waals surface area contributed by atoms with Crippen molar-refractivity contribution in [3.63, 3.8) is 0 Å². The molecule has 0 aliphatic carbocycles. The van der Waals surface area contributed by atoms with Gasteiger partial charge >= 0.3 is 0 Å². The van der Waals surface area contributed by atoms with Gasteiger partial charge in [-0.15, -0.1) is 0 Å². The molecule has 0 heterocycles. The lowest BCUT2D eigenvalue weighted by Crippen LogP contribution is -3.00. The number of carbonyl (C=O) groups excluding carboxylic acids is 2. The monoisotopic (exact) mass is 992 g/mol. The Labute approximate surface area is 407 Å². The molecule has 0 unspecified atom stereocenters. The second kappa shape index (κ2) is 58.9. The van der Waals surface area contributed by atoms with Gasteiger partial charge in [0, 0.05) is 59.1 Å². The Morgan fingerprint density at radius 1 is 0.393 bits per heavy atom. The number of halogens is 1. The highest BCUT2D eigenvalue weighted by molar-refractivity contribution is 6.09. The molecule has 2 N–H and O–H groups in total. The Morgan fingerprint density at radius 3 is 0.738 bits per heavy atom. The minimum Gasteiger partial charge on any atom is -1.00 e. The van der Waals surface area contributed by atoms with E-state index in [4.69, 9.17) is 16.0 Å². The van der Waals surface area contributed by atoms with Crippen molar-refractivity contribution in [2.24, 2.45) is 26.9 Å². The van der Waals surface area contributed by atoms with Crippen LogP contribution in [0.5, 0.6) is 0 Å². The minimum absolute atomic E-state index is 0. The Morgan fingerprint density at radius 2 is 0.574 bits per heavy atom. The molecule has 9 heteroatoms. The molecule has 0 aromatic rings. The van der Waals surface area contributed by atoms with E-state index in [0.29, 0.717) is 0 Å². The summed E-state index contributed by atoms with van der Waals surface area (Å²) < 4.78 is 0. The lowest BCUT2D eigenvalue weighted by molar-refractivity contribution is -0.139. The van der Waals surface area contributed by atoms with Gasteiger partial charge in [0.25, 0.3) is 0 Å². The largest absolute Gasteiger partial charge is 1.00 e. The number of hydrazone groups is 2. The highest BCUT2D eigenvalue weighted by Crippen LogP contribution is 2.37. The van der Waals surface area contributed by atoms with Crippen LogP contribution < -0.4 is 29.8 Å². The van der Waals surface area contributed by atoms with Crippen LogP contribution in [0.4, 0.5) is 0 Å². The van der Waals surface area contributed by atoms with Gasteiger partial charge in [0.2, 0.25) is 0 Å². The smallest absolute Gasteiger partial charge is 0.143 e. The number of unbranched alkanes of at least 4 members (excludes halogenated alkanes) is 16. The van der Waals surface area contributed by atoms with Gasteiger partial charge < -0.3 is 34.0 Å². The molecule has 0 spiro atoms. The average Bonchev–Trinajstić information content (AvgIpc) is 3.05. The third kappa shape index (κ3) is 48.2. The van der Waals surface area contributed by atoms with Gasteiger partial charge in [-0.2, -0.15) is 10.2 Å². The molecule has 0 aliphatic rings. The first-order chi connectivity index (χ1) is 24.5. The molecular formula is C52H124IN6O2-. The van der Waals surface area contributed by atoms with E-state index in [1.165, 1.54) is 119 Å². The zero-order chi connectivity index (χ0) is 40.4. The van der Waals surface area contributed by atoms with E-state index in [0.717, 1.165) is 51.4 Å². The third-order valence-electron chi connectivity index (χ3n) is 10.3. The maximum Gasteiger partial charge on any atom is 0.143 e. The van der Waals surface area contributed by atoms with E-state index >= 15 is 0 Å². The highest BCUT2D eigenvalue weighted by atomic mass is 127.